The number of hydrogen-bond acceptors (Lipinski definition) is 2. The molecule has 1 aromatic rings. The number of halogens is 2. The molecule has 0 atom stereocenters. The van der Waals surface area contributed by atoms with Crippen LogP contribution in [-0.2, 0) is 6.54 Å². The highest BCUT2D eigenvalue weighted by Gasteiger charge is 2.28. The minimum absolute atomic E-state index is 0.0490. The third-order valence-corrected chi connectivity index (χ3v) is 2.83. The molecule has 1 saturated carbocycles. The first-order valence-electron chi connectivity index (χ1n) is 5.49. The number of benzene rings is 1. The van der Waals surface area contributed by atoms with Crippen LogP contribution in [0.1, 0.15) is 18.4 Å². The molecule has 0 heterocycles. The molecule has 0 unspecified atom stereocenters. The van der Waals surface area contributed by atoms with E-state index >= 15 is 0 Å². The lowest BCUT2D eigenvalue weighted by atomic mass is 10.2. The minimum Gasteiger partial charge on any atom is -0.395 e. The summed E-state index contributed by atoms with van der Waals surface area (Å²) in [5.41, 5.74) is 0.361. The second-order valence-electron chi connectivity index (χ2n) is 4.16. The Balaban J connectivity index is 2.08. The van der Waals surface area contributed by atoms with Crippen molar-refractivity contribution in [1.82, 2.24) is 4.90 Å². The standard InChI is InChI=1S/C12H15F2NO/c13-10-1-4-12(14)9(7-10)8-15(5-6-16)11-2-3-11/h1,4,7,11,16H,2-3,5-6,8H2. The summed E-state index contributed by atoms with van der Waals surface area (Å²) in [6.45, 7) is 0.933. The van der Waals surface area contributed by atoms with Crippen LogP contribution in [-0.4, -0.2) is 29.2 Å². The van der Waals surface area contributed by atoms with Gasteiger partial charge in [0.05, 0.1) is 6.61 Å². The van der Waals surface area contributed by atoms with E-state index in [0.717, 1.165) is 25.0 Å². The van der Waals surface area contributed by atoms with Crippen molar-refractivity contribution in [1.29, 1.82) is 0 Å². The van der Waals surface area contributed by atoms with E-state index < -0.39 is 5.82 Å². The van der Waals surface area contributed by atoms with Crippen molar-refractivity contribution in [3.63, 3.8) is 0 Å². The summed E-state index contributed by atoms with van der Waals surface area (Å²) in [6.07, 6.45) is 2.16. The average Bonchev–Trinajstić information content (AvgIpc) is 3.06. The van der Waals surface area contributed by atoms with E-state index in [-0.39, 0.29) is 12.4 Å². The maximum Gasteiger partial charge on any atom is 0.127 e. The van der Waals surface area contributed by atoms with Gasteiger partial charge in [-0.1, -0.05) is 0 Å². The molecule has 1 fully saturated rings. The summed E-state index contributed by atoms with van der Waals surface area (Å²) in [6, 6.07) is 3.91. The van der Waals surface area contributed by atoms with Crippen LogP contribution in [0.5, 0.6) is 0 Å². The third kappa shape index (κ3) is 2.77. The molecule has 0 aromatic heterocycles. The van der Waals surface area contributed by atoms with Crippen LogP contribution in [0, 0.1) is 11.6 Å². The lowest BCUT2D eigenvalue weighted by Crippen LogP contribution is -2.29. The smallest absolute Gasteiger partial charge is 0.127 e. The first-order chi connectivity index (χ1) is 7.70. The molecule has 1 aliphatic carbocycles. The Morgan fingerprint density at radius 3 is 2.69 bits per heavy atom. The van der Waals surface area contributed by atoms with E-state index in [9.17, 15) is 8.78 Å². The molecule has 88 valence electrons. The van der Waals surface area contributed by atoms with Crippen molar-refractivity contribution < 1.29 is 13.9 Å². The van der Waals surface area contributed by atoms with E-state index in [1.807, 2.05) is 4.90 Å². The molecule has 0 saturated heterocycles. The van der Waals surface area contributed by atoms with Gasteiger partial charge in [0, 0.05) is 24.7 Å². The fraction of sp³-hybridized carbons (Fsp3) is 0.500. The van der Waals surface area contributed by atoms with Crippen LogP contribution in [0.25, 0.3) is 0 Å². The Morgan fingerprint density at radius 2 is 2.06 bits per heavy atom. The van der Waals surface area contributed by atoms with Crippen molar-refractivity contribution in [3.8, 4) is 0 Å². The van der Waals surface area contributed by atoms with Gasteiger partial charge in [0.15, 0.2) is 0 Å². The first kappa shape index (κ1) is 11.5. The van der Waals surface area contributed by atoms with Gasteiger partial charge in [0.2, 0.25) is 0 Å². The lowest BCUT2D eigenvalue weighted by Gasteiger charge is -2.21. The van der Waals surface area contributed by atoms with E-state index in [1.54, 1.807) is 0 Å². The topological polar surface area (TPSA) is 23.5 Å². The van der Waals surface area contributed by atoms with Crippen LogP contribution in [0.15, 0.2) is 18.2 Å². The zero-order valence-corrected chi connectivity index (χ0v) is 9.00. The number of nitrogens with zero attached hydrogens (tertiary/aromatic N) is 1. The molecular weight excluding hydrogens is 212 g/mol. The maximum atomic E-state index is 13.4. The molecule has 0 spiro atoms. The molecule has 1 aliphatic rings. The number of aliphatic hydroxyl groups is 1. The fourth-order valence-corrected chi connectivity index (χ4v) is 1.84. The van der Waals surface area contributed by atoms with Crippen molar-refractivity contribution in [2.45, 2.75) is 25.4 Å². The number of rotatable bonds is 5. The summed E-state index contributed by atoms with van der Waals surface area (Å²) in [4.78, 5) is 2.00. The van der Waals surface area contributed by atoms with Crippen molar-refractivity contribution in [3.05, 3.63) is 35.4 Å². The summed E-state index contributed by atoms with van der Waals surface area (Å²) < 4.78 is 26.4. The zero-order chi connectivity index (χ0) is 11.5. The van der Waals surface area contributed by atoms with E-state index in [2.05, 4.69) is 0 Å². The summed E-state index contributed by atoms with van der Waals surface area (Å²) in [7, 11) is 0. The van der Waals surface area contributed by atoms with E-state index in [4.69, 9.17) is 5.11 Å². The molecule has 0 aliphatic heterocycles. The molecule has 16 heavy (non-hydrogen) atoms. The van der Waals surface area contributed by atoms with Gasteiger partial charge in [-0.2, -0.15) is 0 Å². The normalized spacial score (nSPS) is 15.8. The SMILES string of the molecule is OCCN(Cc1cc(F)ccc1F)C1CC1. The highest BCUT2D eigenvalue weighted by atomic mass is 19.1. The molecule has 0 radical (unpaired) electrons. The quantitative estimate of drug-likeness (QED) is 0.830. The lowest BCUT2D eigenvalue weighted by molar-refractivity contribution is 0.181. The van der Waals surface area contributed by atoms with Gasteiger partial charge in [-0.05, 0) is 31.0 Å². The summed E-state index contributed by atoms with van der Waals surface area (Å²) in [5.74, 6) is -0.805. The average molecular weight is 227 g/mol. The molecule has 2 rings (SSSR count). The summed E-state index contributed by atoms with van der Waals surface area (Å²) >= 11 is 0. The highest BCUT2D eigenvalue weighted by Crippen LogP contribution is 2.28. The molecule has 0 amide bonds. The summed E-state index contributed by atoms with van der Waals surface area (Å²) in [5, 5.41) is 8.91. The van der Waals surface area contributed by atoms with Crippen LogP contribution < -0.4 is 0 Å². The molecule has 1 aromatic carbocycles. The predicted molar refractivity (Wildman–Crippen MR) is 56.9 cm³/mol. The molecular formula is C12H15F2NO. The van der Waals surface area contributed by atoms with Crippen molar-refractivity contribution in [2.75, 3.05) is 13.2 Å². The fourth-order valence-electron chi connectivity index (χ4n) is 1.84. The van der Waals surface area contributed by atoms with Gasteiger partial charge in [0.25, 0.3) is 0 Å². The minimum atomic E-state index is -0.420. The monoisotopic (exact) mass is 227 g/mol. The Labute approximate surface area is 93.5 Å². The van der Waals surface area contributed by atoms with Gasteiger partial charge in [0.1, 0.15) is 11.6 Å². The van der Waals surface area contributed by atoms with Gasteiger partial charge < -0.3 is 5.11 Å². The molecule has 4 heteroatoms. The maximum absolute atomic E-state index is 13.4. The van der Waals surface area contributed by atoms with Crippen LogP contribution in [0.4, 0.5) is 8.78 Å². The second kappa shape index (κ2) is 4.89. The number of hydrogen-bond donors (Lipinski definition) is 1. The third-order valence-electron chi connectivity index (χ3n) is 2.83. The molecule has 1 N–H and O–H groups in total. The van der Waals surface area contributed by atoms with Crippen LogP contribution >= 0.6 is 0 Å². The Kier molecular flexibility index (Phi) is 3.51. The van der Waals surface area contributed by atoms with Gasteiger partial charge in [-0.3, -0.25) is 4.90 Å². The number of aliphatic hydroxyl groups excluding tert-OH is 1. The second-order valence-corrected chi connectivity index (χ2v) is 4.16. The van der Waals surface area contributed by atoms with Crippen molar-refractivity contribution in [2.24, 2.45) is 0 Å². The van der Waals surface area contributed by atoms with Gasteiger partial charge >= 0.3 is 0 Å². The largest absolute Gasteiger partial charge is 0.395 e. The van der Waals surface area contributed by atoms with E-state index in [0.29, 0.717) is 24.7 Å². The van der Waals surface area contributed by atoms with Gasteiger partial charge in [-0.15, -0.1) is 0 Å². The highest BCUT2D eigenvalue weighted by molar-refractivity contribution is 5.19. The molecule has 2 nitrogen and oxygen atoms in total. The van der Waals surface area contributed by atoms with Crippen LogP contribution in [0.3, 0.4) is 0 Å². The van der Waals surface area contributed by atoms with Crippen molar-refractivity contribution >= 4 is 0 Å². The molecule has 0 bridgehead atoms. The van der Waals surface area contributed by atoms with E-state index in [1.165, 1.54) is 6.07 Å². The zero-order valence-electron chi connectivity index (χ0n) is 9.00. The van der Waals surface area contributed by atoms with Gasteiger partial charge in [-0.25, -0.2) is 8.78 Å². The predicted octanol–water partition coefficient (Wildman–Crippen LogP) is 1.92. The Hall–Kier alpha value is -1.00. The van der Waals surface area contributed by atoms with Crippen LogP contribution in [0.2, 0.25) is 0 Å². The Bertz CT molecular complexity index is 366. The Morgan fingerprint density at radius 1 is 1.31 bits per heavy atom. The first-order valence-corrected chi connectivity index (χ1v) is 5.49.